The molecular formula is C12H17F3O4S. The lowest BCUT2D eigenvalue weighted by Crippen LogP contribution is -2.42. The van der Waals surface area contributed by atoms with Gasteiger partial charge in [-0.3, -0.25) is 0 Å². The van der Waals surface area contributed by atoms with Crippen molar-refractivity contribution < 1.29 is 30.6 Å². The van der Waals surface area contributed by atoms with Gasteiger partial charge in [0.05, 0.1) is 0 Å². The topological polar surface area (TPSA) is 60.4 Å². The van der Waals surface area contributed by atoms with Crippen molar-refractivity contribution in [1.82, 2.24) is 0 Å². The van der Waals surface area contributed by atoms with Crippen LogP contribution in [0.1, 0.15) is 33.1 Å². The third-order valence-corrected chi connectivity index (χ3v) is 4.40. The Kier molecular flexibility index (Phi) is 4.89. The molecule has 0 saturated heterocycles. The average molecular weight is 314 g/mol. The van der Waals surface area contributed by atoms with Gasteiger partial charge in [-0.1, -0.05) is 23.0 Å². The van der Waals surface area contributed by atoms with Crippen molar-refractivity contribution in [2.45, 2.75) is 44.5 Å². The van der Waals surface area contributed by atoms with E-state index >= 15 is 0 Å². The first-order valence-electron chi connectivity index (χ1n) is 6.15. The molecule has 0 aromatic carbocycles. The Morgan fingerprint density at radius 3 is 2.35 bits per heavy atom. The summed E-state index contributed by atoms with van der Waals surface area (Å²) in [6.07, 6.45) is 0.835. The smallest absolute Gasteiger partial charge is 0.457 e. The zero-order chi connectivity index (χ0) is 15.7. The summed E-state index contributed by atoms with van der Waals surface area (Å²) >= 11 is 0. The van der Waals surface area contributed by atoms with E-state index in [1.807, 2.05) is 0 Å². The van der Waals surface area contributed by atoms with Crippen molar-refractivity contribution in [1.29, 1.82) is 0 Å². The highest BCUT2D eigenvalue weighted by atomic mass is 32.3. The Labute approximate surface area is 116 Å². The van der Waals surface area contributed by atoms with E-state index in [-0.39, 0.29) is 18.3 Å². The highest BCUT2D eigenvalue weighted by molar-refractivity contribution is 7.88. The molecule has 0 aromatic rings. The van der Waals surface area contributed by atoms with Gasteiger partial charge in [0.1, 0.15) is 6.10 Å². The Hall–Kier alpha value is -1.05. The monoisotopic (exact) mass is 314 g/mol. The molecule has 0 spiro atoms. The van der Waals surface area contributed by atoms with E-state index in [1.165, 1.54) is 0 Å². The number of hydrogen-bond donors (Lipinski definition) is 0. The first-order chi connectivity index (χ1) is 8.96. The molecule has 3 unspecified atom stereocenters. The van der Waals surface area contributed by atoms with E-state index in [0.717, 1.165) is 12.0 Å². The molecule has 1 fully saturated rings. The molecule has 4 nitrogen and oxygen atoms in total. The SMILES string of the molecule is C=C(C)C1CCC(C)C(OC(=O)C(F)(F)S(=O)(=O)F)C1. The van der Waals surface area contributed by atoms with Crippen LogP contribution >= 0.6 is 0 Å². The molecule has 0 aliphatic heterocycles. The van der Waals surface area contributed by atoms with Crippen LogP contribution in [0.3, 0.4) is 0 Å². The zero-order valence-corrected chi connectivity index (χ0v) is 12.1. The molecule has 0 amide bonds. The Morgan fingerprint density at radius 1 is 1.35 bits per heavy atom. The molecule has 116 valence electrons. The van der Waals surface area contributed by atoms with Crippen molar-refractivity contribution >= 4 is 16.2 Å². The summed E-state index contributed by atoms with van der Waals surface area (Å²) in [6.45, 7) is 7.24. The molecule has 0 heterocycles. The first kappa shape index (κ1) is 17.0. The number of alkyl halides is 2. The summed E-state index contributed by atoms with van der Waals surface area (Å²) in [7, 11) is -6.33. The van der Waals surface area contributed by atoms with Crippen molar-refractivity contribution in [2.75, 3.05) is 0 Å². The van der Waals surface area contributed by atoms with E-state index < -0.39 is 27.6 Å². The van der Waals surface area contributed by atoms with E-state index in [1.54, 1.807) is 13.8 Å². The van der Waals surface area contributed by atoms with Crippen molar-refractivity contribution in [3.05, 3.63) is 12.2 Å². The summed E-state index contributed by atoms with van der Waals surface area (Å²) < 4.78 is 63.4. The number of carbonyl (C=O) groups excluding carboxylic acids is 1. The largest absolute Gasteiger partial charge is 0.470 e. The maximum absolute atomic E-state index is 13.0. The van der Waals surface area contributed by atoms with E-state index in [4.69, 9.17) is 0 Å². The number of hydrogen-bond acceptors (Lipinski definition) is 4. The van der Waals surface area contributed by atoms with Gasteiger partial charge in [-0.15, -0.1) is 0 Å². The fourth-order valence-corrected chi connectivity index (χ4v) is 2.45. The Balaban J connectivity index is 2.81. The van der Waals surface area contributed by atoms with E-state index in [9.17, 15) is 25.9 Å². The molecule has 0 bridgehead atoms. The van der Waals surface area contributed by atoms with Gasteiger partial charge in [0, 0.05) is 0 Å². The minimum absolute atomic E-state index is 0.0135. The van der Waals surface area contributed by atoms with Gasteiger partial charge in [0.2, 0.25) is 0 Å². The van der Waals surface area contributed by atoms with Gasteiger partial charge in [-0.05, 0) is 38.0 Å². The minimum atomic E-state index is -6.33. The van der Waals surface area contributed by atoms with Gasteiger partial charge in [-0.2, -0.15) is 17.2 Å². The molecule has 1 aliphatic rings. The summed E-state index contributed by atoms with van der Waals surface area (Å²) in [5.41, 5.74) is 0.836. The summed E-state index contributed by atoms with van der Waals surface area (Å²) in [5, 5.41) is -5.16. The van der Waals surface area contributed by atoms with Crippen molar-refractivity contribution in [3.8, 4) is 0 Å². The Bertz CT molecular complexity index is 501. The lowest BCUT2D eigenvalue weighted by molar-refractivity contribution is -0.171. The van der Waals surface area contributed by atoms with Crippen LogP contribution in [0.5, 0.6) is 0 Å². The molecule has 3 atom stereocenters. The first-order valence-corrected chi connectivity index (χ1v) is 7.53. The van der Waals surface area contributed by atoms with Crippen LogP contribution < -0.4 is 0 Å². The molecule has 0 radical (unpaired) electrons. The fourth-order valence-electron chi connectivity index (χ4n) is 2.20. The summed E-state index contributed by atoms with van der Waals surface area (Å²) in [6, 6.07) is 0. The third-order valence-electron chi connectivity index (χ3n) is 3.62. The molecule has 1 rings (SSSR count). The van der Waals surface area contributed by atoms with Gasteiger partial charge in [0.25, 0.3) is 0 Å². The predicted molar refractivity (Wildman–Crippen MR) is 66.2 cm³/mol. The molecule has 20 heavy (non-hydrogen) atoms. The standard InChI is InChI=1S/C12H17F3O4S/c1-7(2)9-5-4-8(3)10(6-9)19-11(16)12(13,14)20(15,17)18/h8-10H,1,4-6H2,2-3H3. The fraction of sp³-hybridized carbons (Fsp3) is 0.750. The maximum Gasteiger partial charge on any atom is 0.470 e. The molecule has 1 aliphatic carbocycles. The maximum atomic E-state index is 13.0. The summed E-state index contributed by atoms with van der Waals surface area (Å²) in [4.78, 5) is 11.2. The number of ether oxygens (including phenoxy) is 1. The van der Waals surface area contributed by atoms with Crippen LogP contribution in [0.2, 0.25) is 0 Å². The van der Waals surface area contributed by atoms with Crippen molar-refractivity contribution in [2.24, 2.45) is 11.8 Å². The minimum Gasteiger partial charge on any atom is -0.457 e. The second-order valence-corrected chi connectivity index (χ2v) is 6.62. The molecule has 0 aromatic heterocycles. The normalized spacial score (nSPS) is 27.9. The predicted octanol–water partition coefficient (Wildman–Crippen LogP) is 2.80. The van der Waals surface area contributed by atoms with Crippen LogP contribution in [0.25, 0.3) is 0 Å². The lowest BCUT2D eigenvalue weighted by atomic mass is 9.78. The third kappa shape index (κ3) is 3.53. The molecule has 8 heteroatoms. The van der Waals surface area contributed by atoms with Crippen LogP contribution in [-0.2, 0) is 19.8 Å². The molecule has 1 saturated carbocycles. The van der Waals surface area contributed by atoms with Gasteiger partial charge >= 0.3 is 21.4 Å². The lowest BCUT2D eigenvalue weighted by Gasteiger charge is -2.34. The highest BCUT2D eigenvalue weighted by Crippen LogP contribution is 2.36. The highest BCUT2D eigenvalue weighted by Gasteiger charge is 2.56. The number of carbonyl (C=O) groups is 1. The number of esters is 1. The summed E-state index contributed by atoms with van der Waals surface area (Å²) in [5.74, 6) is -2.55. The second kappa shape index (κ2) is 5.75. The number of halogens is 3. The van der Waals surface area contributed by atoms with Gasteiger partial charge in [-0.25, -0.2) is 4.79 Å². The van der Waals surface area contributed by atoms with Crippen LogP contribution in [0.4, 0.5) is 12.7 Å². The van der Waals surface area contributed by atoms with E-state index in [0.29, 0.717) is 6.42 Å². The van der Waals surface area contributed by atoms with E-state index in [2.05, 4.69) is 11.3 Å². The quantitative estimate of drug-likeness (QED) is 0.455. The molecular weight excluding hydrogens is 297 g/mol. The zero-order valence-electron chi connectivity index (χ0n) is 11.2. The second-order valence-electron chi connectivity index (χ2n) is 5.23. The van der Waals surface area contributed by atoms with Gasteiger partial charge in [0.15, 0.2) is 0 Å². The average Bonchev–Trinajstić information content (AvgIpc) is 2.29. The van der Waals surface area contributed by atoms with Crippen LogP contribution in [-0.4, -0.2) is 25.7 Å². The van der Waals surface area contributed by atoms with Crippen LogP contribution in [0.15, 0.2) is 12.2 Å². The number of allylic oxidation sites excluding steroid dienone is 1. The van der Waals surface area contributed by atoms with Crippen LogP contribution in [0, 0.1) is 11.8 Å². The van der Waals surface area contributed by atoms with Crippen molar-refractivity contribution in [3.63, 3.8) is 0 Å². The molecule has 0 N–H and O–H groups in total. The van der Waals surface area contributed by atoms with Gasteiger partial charge < -0.3 is 4.74 Å². The Morgan fingerprint density at radius 2 is 1.90 bits per heavy atom. The number of rotatable bonds is 4.